The molecule has 2 heterocycles. The molecule has 1 aliphatic rings. The molecule has 1 aromatic heterocycles. The number of piperazine rings is 1. The molecular formula is C21H21N5O. The number of nitrogens with zero attached hydrogens (tertiary/aromatic N) is 5. The first-order valence-electron chi connectivity index (χ1n) is 9.21. The molecule has 6 heteroatoms. The number of rotatable bonds is 3. The van der Waals surface area contributed by atoms with E-state index in [1.807, 2.05) is 23.1 Å². The summed E-state index contributed by atoms with van der Waals surface area (Å²) in [7, 11) is 0. The molecule has 0 N–H and O–H groups in total. The number of amides is 1. The van der Waals surface area contributed by atoms with Crippen molar-refractivity contribution in [2.24, 2.45) is 0 Å². The third-order valence-electron chi connectivity index (χ3n) is 5.06. The molecule has 27 heavy (non-hydrogen) atoms. The van der Waals surface area contributed by atoms with Gasteiger partial charge in [0.2, 0.25) is 5.95 Å². The molecular weight excluding hydrogens is 338 g/mol. The lowest BCUT2D eigenvalue weighted by atomic mass is 10.1. The topological polar surface area (TPSA) is 65.2 Å². The Morgan fingerprint density at radius 3 is 2.44 bits per heavy atom. The van der Waals surface area contributed by atoms with Gasteiger partial charge in [0.05, 0.1) is 22.7 Å². The molecule has 2 aromatic carbocycles. The summed E-state index contributed by atoms with van der Waals surface area (Å²) in [4.78, 5) is 21.6. The van der Waals surface area contributed by atoms with E-state index in [0.717, 1.165) is 36.6 Å². The summed E-state index contributed by atoms with van der Waals surface area (Å²) in [5.41, 5.74) is 3.34. The molecule has 6 nitrogen and oxygen atoms in total. The van der Waals surface area contributed by atoms with Crippen molar-refractivity contribution in [3.8, 4) is 6.07 Å². The Kier molecular flexibility index (Phi) is 4.51. The van der Waals surface area contributed by atoms with E-state index in [1.165, 1.54) is 0 Å². The number of nitriles is 1. The Morgan fingerprint density at radius 2 is 1.78 bits per heavy atom. The fourth-order valence-corrected chi connectivity index (χ4v) is 3.60. The second-order valence-electron chi connectivity index (χ2n) is 6.61. The number of imidazole rings is 1. The number of fused-ring (bicyclic) bond motifs is 1. The fraction of sp³-hybridized carbons (Fsp3) is 0.286. The molecule has 0 radical (unpaired) electrons. The van der Waals surface area contributed by atoms with E-state index in [-0.39, 0.29) is 5.91 Å². The van der Waals surface area contributed by atoms with Crippen LogP contribution in [-0.4, -0.2) is 46.5 Å². The van der Waals surface area contributed by atoms with Gasteiger partial charge in [0.15, 0.2) is 0 Å². The van der Waals surface area contributed by atoms with E-state index in [9.17, 15) is 4.79 Å². The number of carbonyl (C=O) groups is 1. The van der Waals surface area contributed by atoms with Crippen molar-refractivity contribution in [2.75, 3.05) is 31.1 Å². The third kappa shape index (κ3) is 3.13. The van der Waals surface area contributed by atoms with Gasteiger partial charge in [0, 0.05) is 38.3 Å². The van der Waals surface area contributed by atoms with Crippen LogP contribution in [-0.2, 0) is 6.54 Å². The lowest BCUT2D eigenvalue weighted by Crippen LogP contribution is -2.49. The van der Waals surface area contributed by atoms with Gasteiger partial charge in [-0.05, 0) is 43.3 Å². The Morgan fingerprint density at radius 1 is 1.07 bits per heavy atom. The molecule has 1 amide bonds. The van der Waals surface area contributed by atoms with Crippen LogP contribution in [0.3, 0.4) is 0 Å². The van der Waals surface area contributed by atoms with E-state index < -0.39 is 0 Å². The maximum Gasteiger partial charge on any atom is 0.253 e. The molecule has 4 rings (SSSR count). The molecule has 0 saturated carbocycles. The number of aryl methyl sites for hydroxylation is 1. The number of carbonyl (C=O) groups excluding carboxylic acids is 1. The summed E-state index contributed by atoms with van der Waals surface area (Å²) < 4.78 is 2.23. The number of hydrogen-bond acceptors (Lipinski definition) is 4. The Bertz CT molecular complexity index is 1010. The highest BCUT2D eigenvalue weighted by Gasteiger charge is 2.25. The van der Waals surface area contributed by atoms with Crippen LogP contribution in [0.15, 0.2) is 48.5 Å². The molecule has 1 aliphatic heterocycles. The summed E-state index contributed by atoms with van der Waals surface area (Å²) in [5, 5.41) is 8.89. The SMILES string of the molecule is CCn1c(N2CCN(C(=O)c3ccc(C#N)cc3)CC2)nc2ccccc21. The van der Waals surface area contributed by atoms with Crippen molar-refractivity contribution in [3.05, 3.63) is 59.7 Å². The van der Waals surface area contributed by atoms with Gasteiger partial charge in [-0.3, -0.25) is 4.79 Å². The van der Waals surface area contributed by atoms with Crippen LogP contribution in [0.5, 0.6) is 0 Å². The van der Waals surface area contributed by atoms with Crippen LogP contribution in [0.4, 0.5) is 5.95 Å². The van der Waals surface area contributed by atoms with Crippen molar-refractivity contribution in [3.63, 3.8) is 0 Å². The van der Waals surface area contributed by atoms with Crippen molar-refractivity contribution in [1.82, 2.24) is 14.5 Å². The zero-order chi connectivity index (χ0) is 18.8. The van der Waals surface area contributed by atoms with E-state index in [1.54, 1.807) is 24.3 Å². The van der Waals surface area contributed by atoms with Crippen molar-refractivity contribution in [2.45, 2.75) is 13.5 Å². The Balaban J connectivity index is 1.49. The molecule has 3 aromatic rings. The highest BCUT2D eigenvalue weighted by Crippen LogP contribution is 2.23. The zero-order valence-electron chi connectivity index (χ0n) is 15.3. The van der Waals surface area contributed by atoms with Gasteiger partial charge in [-0.25, -0.2) is 4.98 Å². The highest BCUT2D eigenvalue weighted by molar-refractivity contribution is 5.94. The Labute approximate surface area is 158 Å². The van der Waals surface area contributed by atoms with Crippen LogP contribution >= 0.6 is 0 Å². The molecule has 1 saturated heterocycles. The number of hydrogen-bond donors (Lipinski definition) is 0. The largest absolute Gasteiger partial charge is 0.339 e. The predicted molar refractivity (Wildman–Crippen MR) is 105 cm³/mol. The van der Waals surface area contributed by atoms with Gasteiger partial charge in [-0.2, -0.15) is 5.26 Å². The number of anilines is 1. The summed E-state index contributed by atoms with van der Waals surface area (Å²) in [6.45, 7) is 5.82. The first kappa shape index (κ1) is 17.1. The Hall–Kier alpha value is -3.33. The second kappa shape index (κ2) is 7.12. The lowest BCUT2D eigenvalue weighted by molar-refractivity contribution is 0.0746. The first-order valence-corrected chi connectivity index (χ1v) is 9.21. The molecule has 0 unspecified atom stereocenters. The standard InChI is InChI=1S/C21H21N5O/c1-2-26-19-6-4-3-5-18(19)23-21(26)25-13-11-24(12-14-25)20(27)17-9-7-16(15-22)8-10-17/h3-10H,2,11-14H2,1H3. The summed E-state index contributed by atoms with van der Waals surface area (Å²) in [6.07, 6.45) is 0. The van der Waals surface area contributed by atoms with Crippen molar-refractivity contribution >= 4 is 22.9 Å². The maximum absolute atomic E-state index is 12.7. The second-order valence-corrected chi connectivity index (χ2v) is 6.61. The molecule has 0 spiro atoms. The van der Waals surface area contributed by atoms with Gasteiger partial charge < -0.3 is 14.4 Å². The lowest BCUT2D eigenvalue weighted by Gasteiger charge is -2.35. The molecule has 0 bridgehead atoms. The minimum Gasteiger partial charge on any atom is -0.339 e. The van der Waals surface area contributed by atoms with E-state index in [2.05, 4.69) is 28.5 Å². The summed E-state index contributed by atoms with van der Waals surface area (Å²) >= 11 is 0. The monoisotopic (exact) mass is 359 g/mol. The molecule has 0 atom stereocenters. The smallest absolute Gasteiger partial charge is 0.253 e. The average Bonchev–Trinajstić information content (AvgIpc) is 3.12. The van der Waals surface area contributed by atoms with E-state index in [4.69, 9.17) is 10.2 Å². The number of para-hydroxylation sites is 2. The zero-order valence-corrected chi connectivity index (χ0v) is 15.3. The maximum atomic E-state index is 12.7. The summed E-state index contributed by atoms with van der Waals surface area (Å²) in [6, 6.07) is 17.1. The molecule has 136 valence electrons. The van der Waals surface area contributed by atoms with Crippen LogP contribution in [0, 0.1) is 11.3 Å². The van der Waals surface area contributed by atoms with E-state index >= 15 is 0 Å². The van der Waals surface area contributed by atoms with Crippen LogP contribution < -0.4 is 4.90 Å². The van der Waals surface area contributed by atoms with Gasteiger partial charge in [0.1, 0.15) is 0 Å². The molecule has 1 fully saturated rings. The number of aromatic nitrogens is 2. The minimum atomic E-state index is 0.0168. The summed E-state index contributed by atoms with van der Waals surface area (Å²) in [5.74, 6) is 0.993. The minimum absolute atomic E-state index is 0.0168. The number of benzene rings is 2. The van der Waals surface area contributed by atoms with Crippen LogP contribution in [0.2, 0.25) is 0 Å². The molecule has 0 aliphatic carbocycles. The van der Waals surface area contributed by atoms with Crippen molar-refractivity contribution < 1.29 is 4.79 Å². The van der Waals surface area contributed by atoms with E-state index in [0.29, 0.717) is 24.2 Å². The fourth-order valence-electron chi connectivity index (χ4n) is 3.60. The van der Waals surface area contributed by atoms with Crippen molar-refractivity contribution in [1.29, 1.82) is 5.26 Å². The quantitative estimate of drug-likeness (QED) is 0.721. The predicted octanol–water partition coefficient (Wildman–Crippen LogP) is 2.89. The van der Waals surface area contributed by atoms with Crippen LogP contribution in [0.1, 0.15) is 22.8 Å². The van der Waals surface area contributed by atoms with Gasteiger partial charge >= 0.3 is 0 Å². The highest BCUT2D eigenvalue weighted by atomic mass is 16.2. The van der Waals surface area contributed by atoms with Gasteiger partial charge in [-0.15, -0.1) is 0 Å². The van der Waals surface area contributed by atoms with Gasteiger partial charge in [-0.1, -0.05) is 12.1 Å². The first-order chi connectivity index (χ1) is 13.2. The van der Waals surface area contributed by atoms with Gasteiger partial charge in [0.25, 0.3) is 5.91 Å². The third-order valence-corrected chi connectivity index (χ3v) is 5.06. The average molecular weight is 359 g/mol. The normalized spacial score (nSPS) is 14.4. The van der Waals surface area contributed by atoms with Crippen LogP contribution in [0.25, 0.3) is 11.0 Å².